The number of hydrogen-bond donors (Lipinski definition) is 1. The minimum absolute atomic E-state index is 0.0460. The van der Waals surface area contributed by atoms with E-state index in [0.29, 0.717) is 0 Å². The molecule has 2 unspecified atom stereocenters. The summed E-state index contributed by atoms with van der Waals surface area (Å²) in [6.45, 7) is 4.73. The maximum atomic E-state index is 11.3. The van der Waals surface area contributed by atoms with Gasteiger partial charge in [-0.05, 0) is 19.5 Å². The number of piperidine rings is 1. The third-order valence-electron chi connectivity index (χ3n) is 3.06. The average Bonchev–Trinajstić information content (AvgIpc) is 2.42. The highest BCUT2D eigenvalue weighted by molar-refractivity contribution is 6.05. The molecule has 2 amide bonds. The Kier molecular flexibility index (Phi) is 2.07. The summed E-state index contributed by atoms with van der Waals surface area (Å²) in [5, 5.41) is 2.40. The fourth-order valence-electron chi connectivity index (χ4n) is 2.19. The molecule has 0 aromatic rings. The molecule has 4 nitrogen and oxygen atoms in total. The van der Waals surface area contributed by atoms with Gasteiger partial charge in [-0.2, -0.15) is 0 Å². The number of carbonyl (C=O) groups excluding carboxylic acids is 2. The van der Waals surface area contributed by atoms with Crippen LogP contribution in [0.25, 0.3) is 0 Å². The van der Waals surface area contributed by atoms with E-state index in [1.165, 1.54) is 0 Å². The summed E-state index contributed by atoms with van der Waals surface area (Å²) in [6.07, 6.45) is 0.829. The van der Waals surface area contributed by atoms with Gasteiger partial charge in [0.1, 0.15) is 0 Å². The summed E-state index contributed by atoms with van der Waals surface area (Å²) >= 11 is 0. The molecule has 2 saturated heterocycles. The second-order valence-corrected chi connectivity index (χ2v) is 3.75. The zero-order valence-electron chi connectivity index (χ0n) is 7.75. The van der Waals surface area contributed by atoms with Crippen LogP contribution >= 0.6 is 0 Å². The van der Waals surface area contributed by atoms with Crippen molar-refractivity contribution in [1.29, 1.82) is 0 Å². The van der Waals surface area contributed by atoms with Crippen LogP contribution in [0, 0.1) is 11.8 Å². The molecule has 72 valence electrons. The predicted octanol–water partition coefficient (Wildman–Crippen LogP) is -0.399. The summed E-state index contributed by atoms with van der Waals surface area (Å²) < 4.78 is 0. The van der Waals surface area contributed by atoms with Crippen LogP contribution in [0.1, 0.15) is 13.3 Å². The molecule has 0 aromatic carbocycles. The Morgan fingerprint density at radius 1 is 1.38 bits per heavy atom. The molecule has 0 bridgehead atoms. The van der Waals surface area contributed by atoms with Crippen molar-refractivity contribution in [3.63, 3.8) is 0 Å². The molecular weight excluding hydrogens is 168 g/mol. The lowest BCUT2D eigenvalue weighted by Crippen LogP contribution is -2.41. The molecule has 0 spiro atoms. The van der Waals surface area contributed by atoms with Gasteiger partial charge in [0.15, 0.2) is 0 Å². The lowest BCUT2D eigenvalue weighted by molar-refractivity contribution is -0.126. The van der Waals surface area contributed by atoms with Gasteiger partial charge in [-0.1, -0.05) is 6.92 Å². The Labute approximate surface area is 77.3 Å². The van der Waals surface area contributed by atoms with E-state index < -0.39 is 0 Å². The summed E-state index contributed by atoms with van der Waals surface area (Å²) in [5.74, 6) is -0.268. The predicted molar refractivity (Wildman–Crippen MR) is 46.9 cm³/mol. The van der Waals surface area contributed by atoms with E-state index in [0.717, 1.165) is 26.1 Å². The zero-order chi connectivity index (χ0) is 9.42. The second-order valence-electron chi connectivity index (χ2n) is 3.75. The molecule has 13 heavy (non-hydrogen) atoms. The van der Waals surface area contributed by atoms with E-state index in [1.54, 1.807) is 0 Å². The molecule has 2 atom stereocenters. The molecule has 2 heterocycles. The number of hydrogen-bond acceptors (Lipinski definition) is 3. The molecule has 1 N–H and O–H groups in total. The van der Waals surface area contributed by atoms with Crippen molar-refractivity contribution in [2.24, 2.45) is 11.8 Å². The Morgan fingerprint density at radius 2 is 2.08 bits per heavy atom. The molecule has 0 aliphatic carbocycles. The van der Waals surface area contributed by atoms with Crippen molar-refractivity contribution in [2.75, 3.05) is 19.6 Å². The van der Waals surface area contributed by atoms with Crippen molar-refractivity contribution in [3.05, 3.63) is 0 Å². The van der Waals surface area contributed by atoms with Gasteiger partial charge in [0.25, 0.3) is 0 Å². The lowest BCUT2D eigenvalue weighted by Gasteiger charge is -2.31. The molecule has 0 saturated carbocycles. The van der Waals surface area contributed by atoms with Crippen molar-refractivity contribution >= 4 is 11.8 Å². The molecule has 4 heteroatoms. The number of nitrogens with zero attached hydrogens (tertiary/aromatic N) is 1. The lowest BCUT2D eigenvalue weighted by atomic mass is 9.88. The number of imide groups is 1. The topological polar surface area (TPSA) is 49.4 Å². The van der Waals surface area contributed by atoms with Crippen LogP contribution in [-0.2, 0) is 9.59 Å². The first-order chi connectivity index (χ1) is 6.22. The summed E-state index contributed by atoms with van der Waals surface area (Å²) in [6, 6.07) is 0. The number of nitrogens with one attached hydrogen (secondary N) is 1. The van der Waals surface area contributed by atoms with Crippen molar-refractivity contribution < 1.29 is 9.59 Å². The first kappa shape index (κ1) is 8.69. The smallest absolute Gasteiger partial charge is 0.231 e. The van der Waals surface area contributed by atoms with Gasteiger partial charge in [0.05, 0.1) is 11.8 Å². The Balaban J connectivity index is 2.10. The third kappa shape index (κ3) is 1.35. The summed E-state index contributed by atoms with van der Waals surface area (Å²) in [5.41, 5.74) is 0. The van der Waals surface area contributed by atoms with Gasteiger partial charge in [-0.25, -0.2) is 0 Å². The molecule has 2 aliphatic heterocycles. The van der Waals surface area contributed by atoms with Gasteiger partial charge in [0, 0.05) is 6.54 Å². The van der Waals surface area contributed by atoms with Crippen molar-refractivity contribution in [2.45, 2.75) is 13.3 Å². The molecule has 2 fully saturated rings. The minimum Gasteiger partial charge on any atom is -0.303 e. The van der Waals surface area contributed by atoms with Crippen LogP contribution in [0.4, 0.5) is 0 Å². The van der Waals surface area contributed by atoms with Crippen LogP contribution in [0.15, 0.2) is 0 Å². The van der Waals surface area contributed by atoms with Gasteiger partial charge >= 0.3 is 0 Å². The monoisotopic (exact) mass is 182 g/mol. The molecule has 0 radical (unpaired) electrons. The maximum absolute atomic E-state index is 11.3. The number of amides is 2. The highest BCUT2D eigenvalue weighted by atomic mass is 16.2. The van der Waals surface area contributed by atoms with E-state index in [-0.39, 0.29) is 23.7 Å². The first-order valence-corrected chi connectivity index (χ1v) is 4.79. The van der Waals surface area contributed by atoms with Crippen LogP contribution in [0.3, 0.4) is 0 Å². The normalized spacial score (nSPS) is 34.5. The number of carbonyl (C=O) groups is 2. The van der Waals surface area contributed by atoms with Gasteiger partial charge in [0.2, 0.25) is 11.8 Å². The standard InChI is InChI=1S/C9H14N2O2/c1-2-11-4-3-6-7(5-11)9(13)10-8(6)12/h6-7H,2-5H2,1H3,(H,10,12,13). The van der Waals surface area contributed by atoms with Gasteiger partial charge < -0.3 is 4.90 Å². The van der Waals surface area contributed by atoms with E-state index in [2.05, 4.69) is 17.1 Å². The quantitative estimate of drug-likeness (QED) is 0.561. The third-order valence-corrected chi connectivity index (χ3v) is 3.06. The van der Waals surface area contributed by atoms with Crippen LogP contribution in [0.2, 0.25) is 0 Å². The van der Waals surface area contributed by atoms with Crippen LogP contribution in [-0.4, -0.2) is 36.3 Å². The summed E-state index contributed by atoms with van der Waals surface area (Å²) in [7, 11) is 0. The average molecular weight is 182 g/mol. The molecule has 2 aliphatic rings. The highest BCUT2D eigenvalue weighted by Crippen LogP contribution is 2.27. The Bertz CT molecular complexity index is 252. The Hall–Kier alpha value is -0.900. The van der Waals surface area contributed by atoms with Crippen LogP contribution < -0.4 is 5.32 Å². The fourth-order valence-corrected chi connectivity index (χ4v) is 2.19. The SMILES string of the molecule is CCN1CCC2C(=O)NC(=O)C2C1. The van der Waals surface area contributed by atoms with Gasteiger partial charge in [-0.3, -0.25) is 14.9 Å². The van der Waals surface area contributed by atoms with E-state index >= 15 is 0 Å². The number of rotatable bonds is 1. The van der Waals surface area contributed by atoms with Gasteiger partial charge in [-0.15, -0.1) is 0 Å². The number of likely N-dealkylation sites (tertiary alicyclic amines) is 1. The molecule has 2 rings (SSSR count). The van der Waals surface area contributed by atoms with E-state index in [9.17, 15) is 9.59 Å². The van der Waals surface area contributed by atoms with Crippen molar-refractivity contribution in [3.8, 4) is 0 Å². The summed E-state index contributed by atoms with van der Waals surface area (Å²) in [4.78, 5) is 24.8. The second kappa shape index (κ2) is 3.10. The maximum Gasteiger partial charge on any atom is 0.231 e. The Morgan fingerprint density at radius 3 is 2.77 bits per heavy atom. The number of fused-ring (bicyclic) bond motifs is 1. The molecular formula is C9H14N2O2. The van der Waals surface area contributed by atoms with Crippen LogP contribution in [0.5, 0.6) is 0 Å². The largest absolute Gasteiger partial charge is 0.303 e. The highest BCUT2D eigenvalue weighted by Gasteiger charge is 2.44. The first-order valence-electron chi connectivity index (χ1n) is 4.79. The van der Waals surface area contributed by atoms with Crippen molar-refractivity contribution in [1.82, 2.24) is 10.2 Å². The minimum atomic E-state index is -0.0822. The van der Waals surface area contributed by atoms with E-state index in [1.807, 2.05) is 0 Å². The fraction of sp³-hybridized carbons (Fsp3) is 0.778. The molecule has 0 aromatic heterocycles. The zero-order valence-corrected chi connectivity index (χ0v) is 7.75. The van der Waals surface area contributed by atoms with E-state index in [4.69, 9.17) is 0 Å².